The Kier molecular flexibility index (Phi) is 3.79. The van der Waals surface area contributed by atoms with E-state index in [-0.39, 0.29) is 0 Å². The molecule has 0 bridgehead atoms. The number of alkyl halides is 1. The highest BCUT2D eigenvalue weighted by molar-refractivity contribution is 6.16. The lowest BCUT2D eigenvalue weighted by Gasteiger charge is -2.17. The molecule has 0 fully saturated rings. The Morgan fingerprint density at radius 2 is 2.15 bits per heavy atom. The molecule has 0 aliphatic rings. The van der Waals surface area contributed by atoms with E-state index in [2.05, 4.69) is 30.3 Å². The van der Waals surface area contributed by atoms with E-state index in [1.807, 2.05) is 12.5 Å². The van der Waals surface area contributed by atoms with E-state index in [0.29, 0.717) is 17.7 Å². The molecular formula is C10H17ClN2. The summed E-state index contributed by atoms with van der Waals surface area (Å²) in [4.78, 5) is 4.08. The fourth-order valence-electron chi connectivity index (χ4n) is 1.14. The molecule has 1 aromatic heterocycles. The van der Waals surface area contributed by atoms with Gasteiger partial charge in [0.05, 0.1) is 17.9 Å². The van der Waals surface area contributed by atoms with E-state index < -0.39 is 0 Å². The molecule has 1 unspecified atom stereocenters. The van der Waals surface area contributed by atoms with Crippen LogP contribution in [-0.4, -0.2) is 9.55 Å². The highest BCUT2D eigenvalue weighted by Gasteiger charge is 2.09. The molecule has 1 heterocycles. The molecule has 1 rings (SSSR count). The molecule has 1 aromatic rings. The summed E-state index contributed by atoms with van der Waals surface area (Å²) in [6.45, 7) is 7.74. The summed E-state index contributed by atoms with van der Waals surface area (Å²) in [5.41, 5.74) is 1.11. The van der Waals surface area contributed by atoms with E-state index in [1.165, 1.54) is 0 Å². The van der Waals surface area contributed by atoms with Gasteiger partial charge in [0.15, 0.2) is 0 Å². The fourth-order valence-corrected chi connectivity index (χ4v) is 1.37. The Bertz CT molecular complexity index is 255. The van der Waals surface area contributed by atoms with Crippen LogP contribution < -0.4 is 0 Å². The van der Waals surface area contributed by atoms with Crippen LogP contribution in [0.3, 0.4) is 0 Å². The average molecular weight is 201 g/mol. The van der Waals surface area contributed by atoms with Gasteiger partial charge in [-0.1, -0.05) is 20.8 Å². The van der Waals surface area contributed by atoms with Crippen LogP contribution in [0.1, 0.15) is 26.5 Å². The summed E-state index contributed by atoms with van der Waals surface area (Å²) in [5, 5.41) is 0. The van der Waals surface area contributed by atoms with Gasteiger partial charge >= 0.3 is 0 Å². The Morgan fingerprint density at radius 3 is 2.69 bits per heavy atom. The number of rotatable bonds is 4. The van der Waals surface area contributed by atoms with Crippen LogP contribution in [0.5, 0.6) is 0 Å². The first-order valence-corrected chi connectivity index (χ1v) is 5.23. The molecule has 13 heavy (non-hydrogen) atoms. The molecule has 0 saturated carbocycles. The van der Waals surface area contributed by atoms with E-state index in [4.69, 9.17) is 11.6 Å². The number of imidazole rings is 1. The van der Waals surface area contributed by atoms with E-state index in [0.717, 1.165) is 12.2 Å². The number of aromatic nitrogens is 2. The summed E-state index contributed by atoms with van der Waals surface area (Å²) in [5.74, 6) is 1.91. The Hall–Kier alpha value is -0.500. The Morgan fingerprint density at radius 1 is 1.46 bits per heavy atom. The highest BCUT2D eigenvalue weighted by atomic mass is 35.5. The maximum atomic E-state index is 5.78. The Labute approximate surface area is 84.9 Å². The van der Waals surface area contributed by atoms with Crippen LogP contribution in [-0.2, 0) is 12.4 Å². The molecule has 0 aliphatic carbocycles. The monoisotopic (exact) mass is 200 g/mol. The van der Waals surface area contributed by atoms with Gasteiger partial charge in [-0.2, -0.15) is 0 Å². The lowest BCUT2D eigenvalue weighted by Crippen LogP contribution is -2.13. The van der Waals surface area contributed by atoms with Crippen molar-refractivity contribution in [3.63, 3.8) is 0 Å². The third kappa shape index (κ3) is 2.73. The predicted octanol–water partition coefficient (Wildman–Crippen LogP) is 2.91. The molecule has 3 heteroatoms. The minimum atomic E-state index is 0.546. The van der Waals surface area contributed by atoms with Crippen molar-refractivity contribution in [1.29, 1.82) is 0 Å². The van der Waals surface area contributed by atoms with Gasteiger partial charge in [0, 0.05) is 12.7 Å². The third-order valence-corrected chi connectivity index (χ3v) is 2.83. The van der Waals surface area contributed by atoms with Gasteiger partial charge in [0.1, 0.15) is 0 Å². The second kappa shape index (κ2) is 4.66. The van der Waals surface area contributed by atoms with Crippen LogP contribution in [0.2, 0.25) is 0 Å². The minimum absolute atomic E-state index is 0.546. The van der Waals surface area contributed by atoms with Gasteiger partial charge in [0.25, 0.3) is 0 Å². The second-order valence-corrected chi connectivity index (χ2v) is 4.16. The molecule has 74 valence electrons. The van der Waals surface area contributed by atoms with Crippen molar-refractivity contribution < 1.29 is 0 Å². The van der Waals surface area contributed by atoms with Crippen LogP contribution in [0.25, 0.3) is 0 Å². The van der Waals surface area contributed by atoms with E-state index >= 15 is 0 Å². The molecule has 0 N–H and O–H groups in total. The van der Waals surface area contributed by atoms with Gasteiger partial charge in [-0.25, -0.2) is 4.98 Å². The van der Waals surface area contributed by atoms with Crippen LogP contribution in [0.15, 0.2) is 12.5 Å². The van der Waals surface area contributed by atoms with Crippen molar-refractivity contribution in [3.05, 3.63) is 18.2 Å². The molecule has 0 aliphatic heterocycles. The van der Waals surface area contributed by atoms with Gasteiger partial charge in [-0.3, -0.25) is 0 Å². The summed E-state index contributed by atoms with van der Waals surface area (Å²) in [6, 6.07) is 0. The van der Waals surface area contributed by atoms with Crippen molar-refractivity contribution in [2.75, 3.05) is 0 Å². The number of halogens is 1. The van der Waals surface area contributed by atoms with Crippen molar-refractivity contribution >= 4 is 11.6 Å². The van der Waals surface area contributed by atoms with Gasteiger partial charge in [-0.05, 0) is 11.8 Å². The molecule has 0 aromatic carbocycles. The van der Waals surface area contributed by atoms with Crippen molar-refractivity contribution in [2.45, 2.75) is 33.2 Å². The average Bonchev–Trinajstić information content (AvgIpc) is 2.51. The van der Waals surface area contributed by atoms with E-state index in [1.54, 1.807) is 0 Å². The van der Waals surface area contributed by atoms with Crippen molar-refractivity contribution in [1.82, 2.24) is 9.55 Å². The molecule has 0 amide bonds. The smallest absolute Gasteiger partial charge is 0.0948 e. The first-order valence-electron chi connectivity index (χ1n) is 4.70. The number of hydrogen-bond acceptors (Lipinski definition) is 1. The fraction of sp³-hybridized carbons (Fsp3) is 0.700. The van der Waals surface area contributed by atoms with Crippen LogP contribution >= 0.6 is 11.6 Å². The predicted molar refractivity (Wildman–Crippen MR) is 55.8 cm³/mol. The standard InChI is InChI=1S/C10H17ClN2/c1-8(2)9(3)6-13-7-12-5-10(13)4-11/h5,7-9H,4,6H2,1-3H3. The number of hydrogen-bond donors (Lipinski definition) is 0. The van der Waals surface area contributed by atoms with Crippen LogP contribution in [0, 0.1) is 11.8 Å². The summed E-state index contributed by atoms with van der Waals surface area (Å²) >= 11 is 5.78. The minimum Gasteiger partial charge on any atom is -0.333 e. The summed E-state index contributed by atoms with van der Waals surface area (Å²) in [6.07, 6.45) is 3.69. The second-order valence-electron chi connectivity index (χ2n) is 3.89. The molecule has 0 spiro atoms. The molecule has 2 nitrogen and oxygen atoms in total. The Balaban J connectivity index is 2.62. The third-order valence-electron chi connectivity index (χ3n) is 2.56. The first-order chi connectivity index (χ1) is 6.15. The maximum Gasteiger partial charge on any atom is 0.0948 e. The normalized spacial score (nSPS) is 13.6. The SMILES string of the molecule is CC(C)C(C)Cn1cncc1CCl. The van der Waals surface area contributed by atoms with Crippen molar-refractivity contribution in [2.24, 2.45) is 11.8 Å². The zero-order valence-electron chi connectivity index (χ0n) is 8.50. The molecular weight excluding hydrogens is 184 g/mol. The molecule has 0 saturated heterocycles. The van der Waals surface area contributed by atoms with Gasteiger partial charge in [-0.15, -0.1) is 11.6 Å². The molecule has 1 atom stereocenters. The zero-order chi connectivity index (χ0) is 9.84. The lowest BCUT2D eigenvalue weighted by molar-refractivity contribution is 0.362. The quantitative estimate of drug-likeness (QED) is 0.684. The van der Waals surface area contributed by atoms with E-state index in [9.17, 15) is 0 Å². The maximum absolute atomic E-state index is 5.78. The summed E-state index contributed by atoms with van der Waals surface area (Å²) < 4.78 is 2.14. The topological polar surface area (TPSA) is 17.8 Å². The summed E-state index contributed by atoms with van der Waals surface area (Å²) in [7, 11) is 0. The molecule has 0 radical (unpaired) electrons. The number of nitrogens with zero attached hydrogens (tertiary/aromatic N) is 2. The lowest BCUT2D eigenvalue weighted by atomic mass is 9.98. The largest absolute Gasteiger partial charge is 0.333 e. The van der Waals surface area contributed by atoms with Crippen molar-refractivity contribution in [3.8, 4) is 0 Å². The van der Waals surface area contributed by atoms with Gasteiger partial charge in [0.2, 0.25) is 0 Å². The zero-order valence-corrected chi connectivity index (χ0v) is 9.25. The highest BCUT2D eigenvalue weighted by Crippen LogP contribution is 2.14. The van der Waals surface area contributed by atoms with Crippen LogP contribution in [0.4, 0.5) is 0 Å². The van der Waals surface area contributed by atoms with Gasteiger partial charge < -0.3 is 4.57 Å². The first kappa shape index (κ1) is 10.6.